The van der Waals surface area contributed by atoms with Gasteiger partial charge >= 0.3 is 5.97 Å². The van der Waals surface area contributed by atoms with Gasteiger partial charge in [0.1, 0.15) is 23.4 Å². The molecule has 0 spiro atoms. The van der Waals surface area contributed by atoms with Crippen LogP contribution in [0.15, 0.2) is 42.5 Å². The average Bonchev–Trinajstić information content (AvgIpc) is 3.48. The van der Waals surface area contributed by atoms with E-state index >= 15 is 0 Å². The average molecular weight is 500 g/mol. The first-order valence-corrected chi connectivity index (χ1v) is 12.8. The zero-order valence-corrected chi connectivity index (χ0v) is 22.1. The van der Waals surface area contributed by atoms with E-state index in [4.69, 9.17) is 14.2 Å². The summed E-state index contributed by atoms with van der Waals surface area (Å²) < 4.78 is 17.0. The molecular formula is C31H33NO5. The van der Waals surface area contributed by atoms with Gasteiger partial charge in [0.25, 0.3) is 0 Å². The van der Waals surface area contributed by atoms with Gasteiger partial charge in [0.15, 0.2) is 0 Å². The van der Waals surface area contributed by atoms with Gasteiger partial charge in [-0.3, -0.25) is 4.79 Å². The van der Waals surface area contributed by atoms with Crippen LogP contribution in [0.4, 0.5) is 0 Å². The summed E-state index contributed by atoms with van der Waals surface area (Å²) in [6.45, 7) is 8.37. The lowest BCUT2D eigenvalue weighted by molar-refractivity contribution is -0.141. The van der Waals surface area contributed by atoms with Crippen molar-refractivity contribution in [3.63, 3.8) is 0 Å². The predicted octanol–water partition coefficient (Wildman–Crippen LogP) is 6.68. The summed E-state index contributed by atoms with van der Waals surface area (Å²) in [5.74, 6) is 1.42. The number of hydrogen-bond donors (Lipinski definition) is 1. The van der Waals surface area contributed by atoms with Crippen molar-refractivity contribution in [2.24, 2.45) is 0 Å². The number of hydrogen-bond acceptors (Lipinski definition) is 6. The number of carbonyl (C=O) groups is 1. The number of phenols is 1. The maximum Gasteiger partial charge on any atom is 0.306 e. The third kappa shape index (κ3) is 4.99. The third-order valence-corrected chi connectivity index (χ3v) is 7.02. The first kappa shape index (κ1) is 26.1. The van der Waals surface area contributed by atoms with E-state index in [-0.39, 0.29) is 23.7 Å². The number of benzene rings is 3. The van der Waals surface area contributed by atoms with Crippen molar-refractivity contribution in [1.82, 2.24) is 0 Å². The molecule has 3 aromatic rings. The molecule has 1 aliphatic heterocycles. The number of carbonyl (C=O) groups excluding carboxylic acids is 1. The lowest BCUT2D eigenvalue weighted by atomic mass is 9.87. The monoisotopic (exact) mass is 499 g/mol. The Morgan fingerprint density at radius 3 is 2.46 bits per heavy atom. The number of ether oxygens (including phenoxy) is 3. The molecule has 0 saturated carbocycles. The highest BCUT2D eigenvalue weighted by molar-refractivity contribution is 5.81. The van der Waals surface area contributed by atoms with Crippen LogP contribution in [0.3, 0.4) is 0 Å². The van der Waals surface area contributed by atoms with Gasteiger partial charge in [0, 0.05) is 23.1 Å². The summed E-state index contributed by atoms with van der Waals surface area (Å²) in [6, 6.07) is 15.5. The molecule has 2 atom stereocenters. The highest BCUT2D eigenvalue weighted by atomic mass is 16.5. The highest BCUT2D eigenvalue weighted by Crippen LogP contribution is 2.45. The second-order valence-corrected chi connectivity index (χ2v) is 9.26. The van der Waals surface area contributed by atoms with E-state index < -0.39 is 0 Å². The van der Waals surface area contributed by atoms with Crippen LogP contribution in [0.5, 0.6) is 17.2 Å². The van der Waals surface area contributed by atoms with Crippen LogP contribution in [0, 0.1) is 25.2 Å². The first-order chi connectivity index (χ1) is 17.9. The zero-order chi connectivity index (χ0) is 26.7. The normalized spacial score (nSPS) is 17.0. The van der Waals surface area contributed by atoms with E-state index in [9.17, 15) is 15.2 Å². The number of esters is 1. The van der Waals surface area contributed by atoms with Crippen LogP contribution < -0.4 is 9.47 Å². The molecule has 0 bridgehead atoms. The van der Waals surface area contributed by atoms with Gasteiger partial charge in [0.05, 0.1) is 31.8 Å². The molecule has 5 rings (SSSR count). The van der Waals surface area contributed by atoms with Gasteiger partial charge in [-0.2, -0.15) is 5.26 Å². The van der Waals surface area contributed by atoms with Crippen LogP contribution >= 0.6 is 0 Å². The molecule has 0 fully saturated rings. The second kappa shape index (κ2) is 11.0. The van der Waals surface area contributed by atoms with Crippen LogP contribution in [0.2, 0.25) is 0 Å². The molecule has 1 heterocycles. The molecule has 192 valence electrons. The molecule has 1 aliphatic carbocycles. The molecule has 0 radical (unpaired) electrons. The Kier molecular flexibility index (Phi) is 7.73. The number of aromatic hydroxyl groups is 1. The fourth-order valence-corrected chi connectivity index (χ4v) is 5.45. The smallest absolute Gasteiger partial charge is 0.306 e. The van der Waals surface area contributed by atoms with Crippen molar-refractivity contribution in [2.45, 2.75) is 59.0 Å². The van der Waals surface area contributed by atoms with Crippen molar-refractivity contribution in [3.05, 3.63) is 75.8 Å². The molecule has 0 unspecified atom stereocenters. The van der Waals surface area contributed by atoms with Gasteiger partial charge in [-0.15, -0.1) is 0 Å². The standard InChI is InChI=1S/C29H27NO5.C2H6/c1-16-10-20(31)11-17(2)28(16)29-18(14-30)4-6-23-24(29)8-9-25(23)35-21-5-7-22-19(12-27(32)33-3)15-34-26(22)13-21;1-2/h4-7,10-11,13,19,25,31H,8-9,12,15H2,1-3H3;1-2H3/t19-,25-;/m1./s1. The molecule has 6 heteroatoms. The van der Waals surface area contributed by atoms with Crippen LogP contribution in [-0.4, -0.2) is 24.8 Å². The summed E-state index contributed by atoms with van der Waals surface area (Å²) in [7, 11) is 1.39. The van der Waals surface area contributed by atoms with Crippen molar-refractivity contribution < 1.29 is 24.1 Å². The van der Waals surface area contributed by atoms with E-state index in [1.165, 1.54) is 7.11 Å². The van der Waals surface area contributed by atoms with Crippen LogP contribution in [-0.2, 0) is 16.0 Å². The number of methoxy groups -OCH3 is 1. The largest absolute Gasteiger partial charge is 0.508 e. The summed E-state index contributed by atoms with van der Waals surface area (Å²) >= 11 is 0. The Hall–Kier alpha value is -3.98. The number of phenolic OH excluding ortho intramolecular Hbond substituents is 1. The van der Waals surface area contributed by atoms with Crippen molar-refractivity contribution in [2.75, 3.05) is 13.7 Å². The van der Waals surface area contributed by atoms with E-state index in [0.29, 0.717) is 24.3 Å². The van der Waals surface area contributed by atoms with Gasteiger partial charge < -0.3 is 19.3 Å². The second-order valence-electron chi connectivity index (χ2n) is 9.26. The molecule has 0 aromatic heterocycles. The maximum atomic E-state index is 11.7. The van der Waals surface area contributed by atoms with Crippen LogP contribution in [0.1, 0.15) is 72.1 Å². The van der Waals surface area contributed by atoms with Crippen LogP contribution in [0.25, 0.3) is 11.1 Å². The number of rotatable bonds is 5. The van der Waals surface area contributed by atoms with Gasteiger partial charge in [-0.05, 0) is 78.8 Å². The van der Waals surface area contributed by atoms with E-state index in [2.05, 4.69) is 6.07 Å². The topological polar surface area (TPSA) is 88.8 Å². The molecular weight excluding hydrogens is 466 g/mol. The Bertz CT molecular complexity index is 1350. The van der Waals surface area contributed by atoms with Crippen molar-refractivity contribution >= 4 is 5.97 Å². The molecule has 3 aromatic carbocycles. The lowest BCUT2D eigenvalue weighted by Gasteiger charge is -2.19. The summed E-state index contributed by atoms with van der Waals surface area (Å²) in [5, 5.41) is 19.9. The number of nitriles is 1. The summed E-state index contributed by atoms with van der Waals surface area (Å²) in [6.07, 6.45) is 1.75. The molecule has 1 N–H and O–H groups in total. The Balaban J connectivity index is 0.00000156. The lowest BCUT2D eigenvalue weighted by Crippen LogP contribution is -2.09. The van der Waals surface area contributed by atoms with E-state index in [1.807, 2.05) is 58.0 Å². The Morgan fingerprint density at radius 1 is 1.08 bits per heavy atom. The Labute approximate surface area is 218 Å². The predicted molar refractivity (Wildman–Crippen MR) is 142 cm³/mol. The summed E-state index contributed by atoms with van der Waals surface area (Å²) in [4.78, 5) is 11.7. The number of nitrogens with zero attached hydrogens (tertiary/aromatic N) is 1. The SMILES string of the molecule is CC.COC(=O)C[C@@H]1COc2cc(O[C@@H]3CCc4c3ccc(C#N)c4-c3c(C)cc(O)cc3C)ccc21. The number of fused-ring (bicyclic) bond motifs is 2. The van der Waals surface area contributed by atoms with E-state index in [0.717, 1.165) is 57.5 Å². The van der Waals surface area contributed by atoms with E-state index in [1.54, 1.807) is 12.1 Å². The molecule has 0 amide bonds. The Morgan fingerprint density at radius 2 is 1.78 bits per heavy atom. The van der Waals surface area contributed by atoms with Crippen molar-refractivity contribution in [1.29, 1.82) is 5.26 Å². The van der Waals surface area contributed by atoms with Crippen molar-refractivity contribution in [3.8, 4) is 34.4 Å². The fraction of sp³-hybridized carbons (Fsp3) is 0.355. The zero-order valence-electron chi connectivity index (χ0n) is 22.1. The quantitative estimate of drug-likeness (QED) is 0.394. The maximum absolute atomic E-state index is 11.7. The minimum absolute atomic E-state index is 0.0116. The van der Waals surface area contributed by atoms with Gasteiger partial charge in [-0.1, -0.05) is 26.0 Å². The first-order valence-electron chi connectivity index (χ1n) is 12.8. The molecule has 37 heavy (non-hydrogen) atoms. The minimum atomic E-state index is -0.249. The van der Waals surface area contributed by atoms with Gasteiger partial charge in [-0.25, -0.2) is 0 Å². The molecule has 6 nitrogen and oxygen atoms in total. The molecule has 0 saturated heterocycles. The minimum Gasteiger partial charge on any atom is -0.508 e. The summed E-state index contributed by atoms with van der Waals surface area (Å²) in [5.41, 5.74) is 7.64. The highest BCUT2D eigenvalue weighted by Gasteiger charge is 2.31. The van der Waals surface area contributed by atoms with Gasteiger partial charge in [0.2, 0.25) is 0 Å². The number of aryl methyl sites for hydroxylation is 2. The third-order valence-electron chi connectivity index (χ3n) is 7.02. The molecule has 2 aliphatic rings. The fourth-order valence-electron chi connectivity index (χ4n) is 5.45.